The first-order valence-corrected chi connectivity index (χ1v) is 6.98. The molecule has 118 valence electrons. The highest BCUT2D eigenvalue weighted by Gasteiger charge is 2.22. The Kier molecular flexibility index (Phi) is 5.11. The van der Waals surface area contributed by atoms with Gasteiger partial charge in [-0.05, 0) is 43.9 Å². The first-order valence-electron chi connectivity index (χ1n) is 6.98. The highest BCUT2D eigenvalue weighted by molar-refractivity contribution is 5.93. The summed E-state index contributed by atoms with van der Waals surface area (Å²) in [6.07, 6.45) is 0. The molecular formula is C15H20N4O3. The molecule has 0 aliphatic heterocycles. The number of carbonyl (C=O) groups excluding carboxylic acids is 1. The summed E-state index contributed by atoms with van der Waals surface area (Å²) in [6.45, 7) is 3.32. The van der Waals surface area contributed by atoms with Gasteiger partial charge in [-0.3, -0.25) is 4.79 Å². The smallest absolute Gasteiger partial charge is 0.278 e. The number of hydrogen-bond donors (Lipinski definition) is 1. The number of likely N-dealkylation sites (N-methyl/N-ethyl adjacent to an activating group) is 1. The minimum Gasteiger partial charge on any atom is -0.508 e. The lowest BCUT2D eigenvalue weighted by Gasteiger charge is -2.23. The highest BCUT2D eigenvalue weighted by atomic mass is 16.6. The lowest BCUT2D eigenvalue weighted by atomic mass is 10.2. The first-order chi connectivity index (χ1) is 10.5. The van der Waals surface area contributed by atoms with Crippen molar-refractivity contribution in [2.75, 3.05) is 27.2 Å². The summed E-state index contributed by atoms with van der Waals surface area (Å²) >= 11 is 0. The second kappa shape index (κ2) is 7.04. The Hall–Kier alpha value is -2.41. The van der Waals surface area contributed by atoms with Crippen molar-refractivity contribution >= 4 is 5.91 Å². The third kappa shape index (κ3) is 4.05. The van der Waals surface area contributed by atoms with E-state index in [1.54, 1.807) is 30.0 Å². The third-order valence-electron chi connectivity index (χ3n) is 3.24. The van der Waals surface area contributed by atoms with E-state index in [4.69, 9.17) is 0 Å². The van der Waals surface area contributed by atoms with Crippen molar-refractivity contribution in [2.45, 2.75) is 13.5 Å². The fraction of sp³-hybridized carbons (Fsp3) is 0.400. The molecule has 0 radical (unpaired) electrons. The van der Waals surface area contributed by atoms with E-state index in [2.05, 4.69) is 14.9 Å². The molecule has 1 amide bonds. The van der Waals surface area contributed by atoms with Gasteiger partial charge in [0.2, 0.25) is 0 Å². The SMILES string of the molecule is Cc1nonc1C(=O)N(CCN(C)C)Cc1cccc(O)c1. The van der Waals surface area contributed by atoms with Gasteiger partial charge in [0.05, 0.1) is 0 Å². The predicted octanol–water partition coefficient (Wildman–Crippen LogP) is 1.29. The van der Waals surface area contributed by atoms with Crippen LogP contribution in [-0.2, 0) is 6.54 Å². The topological polar surface area (TPSA) is 82.7 Å². The summed E-state index contributed by atoms with van der Waals surface area (Å²) in [5, 5.41) is 16.9. The van der Waals surface area contributed by atoms with Crippen LogP contribution in [0.1, 0.15) is 21.7 Å². The van der Waals surface area contributed by atoms with Crippen molar-refractivity contribution in [1.82, 2.24) is 20.1 Å². The summed E-state index contributed by atoms with van der Waals surface area (Å²) in [4.78, 5) is 16.3. The zero-order chi connectivity index (χ0) is 16.1. The van der Waals surface area contributed by atoms with Gasteiger partial charge in [-0.25, -0.2) is 4.63 Å². The number of benzene rings is 1. The van der Waals surface area contributed by atoms with E-state index < -0.39 is 0 Å². The Morgan fingerprint density at radius 1 is 1.27 bits per heavy atom. The van der Waals surface area contributed by atoms with Gasteiger partial charge in [-0.15, -0.1) is 0 Å². The number of rotatable bonds is 6. The predicted molar refractivity (Wildman–Crippen MR) is 80.4 cm³/mol. The van der Waals surface area contributed by atoms with Crippen LogP contribution in [0.3, 0.4) is 0 Å². The molecule has 7 nitrogen and oxygen atoms in total. The van der Waals surface area contributed by atoms with Crippen LogP contribution in [0, 0.1) is 6.92 Å². The van der Waals surface area contributed by atoms with Gasteiger partial charge < -0.3 is 14.9 Å². The van der Waals surface area contributed by atoms with Crippen LogP contribution in [0.2, 0.25) is 0 Å². The lowest BCUT2D eigenvalue weighted by Crippen LogP contribution is -2.36. The average molecular weight is 304 g/mol. The Morgan fingerprint density at radius 2 is 2.05 bits per heavy atom. The fourth-order valence-electron chi connectivity index (χ4n) is 2.02. The third-order valence-corrected chi connectivity index (χ3v) is 3.24. The van der Waals surface area contributed by atoms with Crippen LogP contribution in [0.5, 0.6) is 5.75 Å². The number of aromatic hydroxyl groups is 1. The first kappa shape index (κ1) is 16.0. The average Bonchev–Trinajstić information content (AvgIpc) is 2.88. The van der Waals surface area contributed by atoms with Gasteiger partial charge in [-0.1, -0.05) is 17.3 Å². The van der Waals surface area contributed by atoms with Crippen LogP contribution >= 0.6 is 0 Å². The number of aromatic nitrogens is 2. The largest absolute Gasteiger partial charge is 0.508 e. The van der Waals surface area contributed by atoms with Crippen molar-refractivity contribution in [2.24, 2.45) is 0 Å². The number of phenolic OH excluding ortho intramolecular Hbond substituents is 1. The van der Waals surface area contributed by atoms with Crippen molar-refractivity contribution in [3.63, 3.8) is 0 Å². The van der Waals surface area contributed by atoms with E-state index in [-0.39, 0.29) is 17.4 Å². The molecule has 7 heteroatoms. The number of nitrogens with zero attached hydrogens (tertiary/aromatic N) is 4. The van der Waals surface area contributed by atoms with E-state index in [9.17, 15) is 9.90 Å². The molecule has 0 bridgehead atoms. The summed E-state index contributed by atoms with van der Waals surface area (Å²) in [6, 6.07) is 6.86. The summed E-state index contributed by atoms with van der Waals surface area (Å²) in [5.74, 6) is -0.0549. The zero-order valence-corrected chi connectivity index (χ0v) is 13.0. The molecule has 0 spiro atoms. The van der Waals surface area contributed by atoms with Crippen LogP contribution in [0.15, 0.2) is 28.9 Å². The molecule has 2 aromatic rings. The molecule has 0 aliphatic carbocycles. The van der Waals surface area contributed by atoms with E-state index in [1.807, 2.05) is 25.1 Å². The summed E-state index contributed by atoms with van der Waals surface area (Å²) in [7, 11) is 3.89. The second-order valence-corrected chi connectivity index (χ2v) is 5.40. The maximum atomic E-state index is 12.6. The maximum absolute atomic E-state index is 12.6. The van der Waals surface area contributed by atoms with Gasteiger partial charge in [-0.2, -0.15) is 0 Å². The van der Waals surface area contributed by atoms with Crippen molar-refractivity contribution < 1.29 is 14.5 Å². The molecule has 0 atom stereocenters. The highest BCUT2D eigenvalue weighted by Crippen LogP contribution is 2.15. The van der Waals surface area contributed by atoms with Crippen molar-refractivity contribution in [1.29, 1.82) is 0 Å². The van der Waals surface area contributed by atoms with Crippen molar-refractivity contribution in [3.05, 3.63) is 41.2 Å². The number of carbonyl (C=O) groups is 1. The lowest BCUT2D eigenvalue weighted by molar-refractivity contribution is 0.0720. The Labute approximate surface area is 129 Å². The normalized spacial score (nSPS) is 10.9. The molecular weight excluding hydrogens is 284 g/mol. The Morgan fingerprint density at radius 3 is 2.64 bits per heavy atom. The summed E-state index contributed by atoms with van der Waals surface area (Å²) < 4.78 is 4.61. The minimum absolute atomic E-state index is 0.178. The van der Waals surface area contributed by atoms with E-state index in [0.29, 0.717) is 18.8 Å². The quantitative estimate of drug-likeness (QED) is 0.866. The number of phenols is 1. The van der Waals surface area contributed by atoms with Crippen LogP contribution in [0.4, 0.5) is 0 Å². The van der Waals surface area contributed by atoms with E-state index >= 15 is 0 Å². The Bertz CT molecular complexity index is 639. The van der Waals surface area contributed by atoms with Gasteiger partial charge in [0, 0.05) is 19.6 Å². The van der Waals surface area contributed by atoms with Gasteiger partial charge >= 0.3 is 0 Å². The molecule has 0 fully saturated rings. The minimum atomic E-state index is -0.232. The van der Waals surface area contributed by atoms with E-state index in [1.165, 1.54) is 0 Å². The number of hydrogen-bond acceptors (Lipinski definition) is 6. The molecule has 1 aromatic heterocycles. The molecule has 0 saturated carbocycles. The second-order valence-electron chi connectivity index (χ2n) is 5.40. The fourth-order valence-corrected chi connectivity index (χ4v) is 2.02. The molecule has 0 saturated heterocycles. The van der Waals surface area contributed by atoms with E-state index in [0.717, 1.165) is 12.1 Å². The molecule has 0 aliphatic rings. The Balaban J connectivity index is 2.18. The maximum Gasteiger partial charge on any atom is 0.278 e. The molecule has 22 heavy (non-hydrogen) atoms. The number of amides is 1. The van der Waals surface area contributed by atoms with Crippen LogP contribution in [0.25, 0.3) is 0 Å². The van der Waals surface area contributed by atoms with Gasteiger partial charge in [0.1, 0.15) is 11.4 Å². The van der Waals surface area contributed by atoms with Gasteiger partial charge in [0.25, 0.3) is 5.91 Å². The van der Waals surface area contributed by atoms with Crippen LogP contribution < -0.4 is 0 Å². The molecule has 1 aromatic carbocycles. The standard InChI is InChI=1S/C15H20N4O3/c1-11-14(17-22-16-11)15(21)19(8-7-18(2)3)10-12-5-4-6-13(20)9-12/h4-6,9,20H,7-8,10H2,1-3H3. The molecule has 0 unspecified atom stereocenters. The van der Waals surface area contributed by atoms with Crippen molar-refractivity contribution in [3.8, 4) is 5.75 Å². The van der Waals surface area contributed by atoms with Crippen LogP contribution in [-0.4, -0.2) is 58.3 Å². The molecule has 1 N–H and O–H groups in total. The molecule has 1 heterocycles. The van der Waals surface area contributed by atoms with Gasteiger partial charge in [0.15, 0.2) is 5.69 Å². The molecule has 2 rings (SSSR count). The summed E-state index contributed by atoms with van der Waals surface area (Å²) in [5.41, 5.74) is 1.54. The number of aryl methyl sites for hydroxylation is 1. The zero-order valence-electron chi connectivity index (χ0n) is 13.0. The monoisotopic (exact) mass is 304 g/mol.